The summed E-state index contributed by atoms with van der Waals surface area (Å²) in [6.45, 7) is 2.40. The number of amides is 2. The number of urea groups is 1. The maximum absolute atomic E-state index is 12.3. The zero-order valence-corrected chi connectivity index (χ0v) is 11.7. The van der Waals surface area contributed by atoms with Crippen LogP contribution in [0.4, 0.5) is 4.79 Å². The van der Waals surface area contributed by atoms with Crippen molar-refractivity contribution in [3.8, 4) is 0 Å². The molecule has 2 fully saturated rings. The van der Waals surface area contributed by atoms with Gasteiger partial charge >= 0.3 is 12.0 Å². The van der Waals surface area contributed by atoms with Gasteiger partial charge in [-0.1, -0.05) is 0 Å². The molecule has 2 aliphatic rings. The predicted octanol–water partition coefficient (Wildman–Crippen LogP) is 0.0325. The van der Waals surface area contributed by atoms with Crippen molar-refractivity contribution in [2.24, 2.45) is 5.41 Å². The van der Waals surface area contributed by atoms with E-state index in [-0.39, 0.29) is 31.9 Å². The van der Waals surface area contributed by atoms with Gasteiger partial charge < -0.3 is 25.2 Å². The number of likely N-dealkylation sites (tertiary alicyclic amines) is 1. The molecule has 0 aromatic rings. The van der Waals surface area contributed by atoms with Crippen molar-refractivity contribution < 1.29 is 24.5 Å². The number of carbonyl (C=O) groups excluding carboxylic acids is 1. The van der Waals surface area contributed by atoms with Crippen LogP contribution in [0.25, 0.3) is 0 Å². The average Bonchev–Trinajstić information content (AvgIpc) is 2.81. The number of aliphatic hydroxyl groups is 1. The Hall–Kier alpha value is -1.34. The highest BCUT2D eigenvalue weighted by atomic mass is 16.5. The highest BCUT2D eigenvalue weighted by Crippen LogP contribution is 2.29. The van der Waals surface area contributed by atoms with E-state index in [2.05, 4.69) is 5.32 Å². The van der Waals surface area contributed by atoms with E-state index in [0.717, 1.165) is 19.3 Å². The molecule has 0 spiro atoms. The molecule has 2 saturated heterocycles. The summed E-state index contributed by atoms with van der Waals surface area (Å²) in [4.78, 5) is 25.2. The lowest BCUT2D eigenvalue weighted by atomic mass is 9.85. The van der Waals surface area contributed by atoms with E-state index in [4.69, 9.17) is 4.74 Å². The minimum Gasteiger partial charge on any atom is -0.481 e. The van der Waals surface area contributed by atoms with Gasteiger partial charge in [0.1, 0.15) is 5.41 Å². The second-order valence-corrected chi connectivity index (χ2v) is 5.77. The van der Waals surface area contributed by atoms with Gasteiger partial charge in [0.05, 0.1) is 31.9 Å². The Morgan fingerprint density at radius 2 is 2.20 bits per heavy atom. The third-order valence-electron chi connectivity index (χ3n) is 4.34. The zero-order chi connectivity index (χ0) is 14.8. The first-order valence-electron chi connectivity index (χ1n) is 6.98. The zero-order valence-electron chi connectivity index (χ0n) is 11.7. The molecular formula is C13H22N2O5. The molecule has 2 amide bonds. The van der Waals surface area contributed by atoms with Gasteiger partial charge in [0.2, 0.25) is 0 Å². The Morgan fingerprint density at radius 3 is 2.85 bits per heavy atom. The number of carbonyl (C=O) groups is 2. The van der Waals surface area contributed by atoms with Crippen molar-refractivity contribution in [3.05, 3.63) is 0 Å². The Labute approximate surface area is 117 Å². The van der Waals surface area contributed by atoms with Gasteiger partial charge in [0.25, 0.3) is 0 Å². The fourth-order valence-corrected chi connectivity index (χ4v) is 2.77. The number of hydrogen-bond acceptors (Lipinski definition) is 4. The van der Waals surface area contributed by atoms with Crippen LogP contribution in [-0.4, -0.2) is 65.6 Å². The molecule has 0 radical (unpaired) electrons. The molecule has 2 rings (SSSR count). The van der Waals surface area contributed by atoms with Crippen molar-refractivity contribution >= 4 is 12.0 Å². The molecule has 0 saturated carbocycles. The van der Waals surface area contributed by atoms with E-state index < -0.39 is 17.4 Å². The van der Waals surface area contributed by atoms with E-state index in [1.807, 2.05) is 0 Å². The number of carboxylic acids is 1. The first-order valence-corrected chi connectivity index (χ1v) is 6.98. The van der Waals surface area contributed by atoms with Crippen LogP contribution in [-0.2, 0) is 9.53 Å². The van der Waals surface area contributed by atoms with Gasteiger partial charge in [-0.2, -0.15) is 0 Å². The Bertz CT molecular complexity index is 389. The first kappa shape index (κ1) is 15.1. The van der Waals surface area contributed by atoms with Gasteiger partial charge in [-0.05, 0) is 26.2 Å². The lowest BCUT2D eigenvalue weighted by Crippen LogP contribution is -2.56. The second kappa shape index (κ2) is 5.97. The summed E-state index contributed by atoms with van der Waals surface area (Å²) in [5, 5.41) is 21.4. The summed E-state index contributed by atoms with van der Waals surface area (Å²) in [7, 11) is 0. The van der Waals surface area contributed by atoms with E-state index in [0.29, 0.717) is 6.54 Å². The Balaban J connectivity index is 2.01. The van der Waals surface area contributed by atoms with Crippen LogP contribution in [0.1, 0.15) is 26.2 Å². The number of carboxylic acid groups (broad SMARTS) is 1. The number of nitrogens with zero attached hydrogens (tertiary/aromatic N) is 1. The summed E-state index contributed by atoms with van der Waals surface area (Å²) >= 11 is 0. The Kier molecular flexibility index (Phi) is 4.49. The molecule has 3 atom stereocenters. The maximum atomic E-state index is 12.3. The van der Waals surface area contributed by atoms with Crippen LogP contribution in [0, 0.1) is 5.41 Å². The monoisotopic (exact) mass is 286 g/mol. The van der Waals surface area contributed by atoms with E-state index in [1.54, 1.807) is 11.8 Å². The van der Waals surface area contributed by atoms with E-state index in [9.17, 15) is 19.8 Å². The lowest BCUT2D eigenvalue weighted by Gasteiger charge is -2.36. The number of rotatable bonds is 3. The van der Waals surface area contributed by atoms with Crippen LogP contribution >= 0.6 is 0 Å². The molecule has 3 N–H and O–H groups in total. The molecule has 0 aliphatic carbocycles. The second-order valence-electron chi connectivity index (χ2n) is 5.77. The average molecular weight is 286 g/mol. The highest BCUT2D eigenvalue weighted by molar-refractivity contribution is 5.79. The van der Waals surface area contributed by atoms with E-state index >= 15 is 0 Å². The van der Waals surface area contributed by atoms with Crippen molar-refractivity contribution in [2.75, 3.05) is 26.4 Å². The van der Waals surface area contributed by atoms with Gasteiger partial charge in [-0.15, -0.1) is 0 Å². The molecule has 114 valence electrons. The minimum absolute atomic E-state index is 0.0647. The van der Waals surface area contributed by atoms with Crippen LogP contribution in [0.3, 0.4) is 0 Å². The van der Waals surface area contributed by atoms with Gasteiger partial charge in [-0.3, -0.25) is 4.79 Å². The molecule has 3 unspecified atom stereocenters. The predicted molar refractivity (Wildman–Crippen MR) is 70.3 cm³/mol. The number of piperidine rings is 1. The standard InChI is InChI=1S/C13H22N2O5/c1-13(11(17)18)8-20-7-10(13)14-12(19)15-5-3-2-4-9(15)6-16/h9-10,16H,2-8H2,1H3,(H,14,19)(H,17,18). The van der Waals surface area contributed by atoms with Gasteiger partial charge in [-0.25, -0.2) is 4.79 Å². The molecule has 0 bridgehead atoms. The first-order chi connectivity index (χ1) is 9.49. The number of aliphatic carboxylic acids is 1. The SMILES string of the molecule is CC1(C(=O)O)COCC1NC(=O)N1CCCCC1CO. The fraction of sp³-hybridized carbons (Fsp3) is 0.846. The van der Waals surface area contributed by atoms with Crippen molar-refractivity contribution in [1.82, 2.24) is 10.2 Å². The van der Waals surface area contributed by atoms with E-state index in [1.165, 1.54) is 0 Å². The smallest absolute Gasteiger partial charge is 0.318 e. The third-order valence-corrected chi connectivity index (χ3v) is 4.34. The summed E-state index contributed by atoms with van der Waals surface area (Å²) in [5.74, 6) is -0.974. The quantitative estimate of drug-likeness (QED) is 0.680. The van der Waals surface area contributed by atoms with Crippen LogP contribution in [0.2, 0.25) is 0 Å². The van der Waals surface area contributed by atoms with Gasteiger partial charge in [0, 0.05) is 6.54 Å². The van der Waals surface area contributed by atoms with Crippen molar-refractivity contribution in [1.29, 1.82) is 0 Å². The summed E-state index contributed by atoms with van der Waals surface area (Å²) in [6.07, 6.45) is 2.68. The number of aliphatic hydroxyl groups excluding tert-OH is 1. The number of nitrogens with one attached hydrogen (secondary N) is 1. The summed E-state index contributed by atoms with van der Waals surface area (Å²) < 4.78 is 5.21. The molecule has 0 aromatic carbocycles. The number of hydrogen-bond donors (Lipinski definition) is 3. The largest absolute Gasteiger partial charge is 0.481 e. The summed E-state index contributed by atoms with van der Waals surface area (Å²) in [6, 6.07) is -1.04. The molecule has 0 aromatic heterocycles. The molecule has 2 heterocycles. The number of ether oxygens (including phenoxy) is 1. The minimum atomic E-state index is -1.10. The van der Waals surface area contributed by atoms with Crippen LogP contribution in [0.15, 0.2) is 0 Å². The normalized spacial score (nSPS) is 34.0. The third kappa shape index (κ3) is 2.73. The van der Waals surface area contributed by atoms with Crippen molar-refractivity contribution in [2.45, 2.75) is 38.3 Å². The topological polar surface area (TPSA) is 99.1 Å². The molecular weight excluding hydrogens is 264 g/mol. The molecule has 7 nitrogen and oxygen atoms in total. The summed E-state index contributed by atoms with van der Waals surface area (Å²) in [5.41, 5.74) is -1.10. The molecule has 2 aliphatic heterocycles. The molecule has 20 heavy (non-hydrogen) atoms. The van der Waals surface area contributed by atoms with Crippen LogP contribution < -0.4 is 5.32 Å². The van der Waals surface area contributed by atoms with Crippen LogP contribution in [0.5, 0.6) is 0 Å². The maximum Gasteiger partial charge on any atom is 0.318 e. The molecule has 7 heteroatoms. The Morgan fingerprint density at radius 1 is 1.45 bits per heavy atom. The van der Waals surface area contributed by atoms with Gasteiger partial charge in [0.15, 0.2) is 0 Å². The fourth-order valence-electron chi connectivity index (χ4n) is 2.77. The van der Waals surface area contributed by atoms with Crippen molar-refractivity contribution in [3.63, 3.8) is 0 Å². The highest BCUT2D eigenvalue weighted by Gasteiger charge is 2.48. The lowest BCUT2D eigenvalue weighted by molar-refractivity contribution is -0.148.